The van der Waals surface area contributed by atoms with Crippen LogP contribution in [0.25, 0.3) is 10.8 Å². The molecule has 2 heteroatoms. The fraction of sp³-hybridized carbons (Fsp3) is 0.333. The second kappa shape index (κ2) is 5.28. The van der Waals surface area contributed by atoms with Gasteiger partial charge in [-0.25, -0.2) is 4.39 Å². The van der Waals surface area contributed by atoms with Crippen molar-refractivity contribution in [3.8, 4) is 0 Å². The normalized spacial score (nSPS) is 11.3. The molecule has 0 saturated heterocycles. The Balaban J connectivity index is 2.21. The van der Waals surface area contributed by atoms with Crippen LogP contribution >= 0.6 is 0 Å². The maximum Gasteiger partial charge on any atom is 0.134 e. The van der Waals surface area contributed by atoms with E-state index in [1.807, 2.05) is 50.5 Å². The van der Waals surface area contributed by atoms with E-state index in [1.54, 1.807) is 0 Å². The van der Waals surface area contributed by atoms with Gasteiger partial charge in [0.2, 0.25) is 0 Å². The van der Waals surface area contributed by atoms with Gasteiger partial charge in [0.15, 0.2) is 0 Å². The van der Waals surface area contributed by atoms with Crippen molar-refractivity contribution in [3.05, 3.63) is 47.8 Å². The molecule has 0 bridgehead atoms. The van der Waals surface area contributed by atoms with Crippen LogP contribution in [-0.4, -0.2) is 25.5 Å². The van der Waals surface area contributed by atoms with Gasteiger partial charge >= 0.3 is 0 Å². The molecule has 0 heterocycles. The van der Waals surface area contributed by atoms with Gasteiger partial charge < -0.3 is 4.90 Å². The first-order valence-corrected chi connectivity index (χ1v) is 5.99. The molecule has 1 nitrogen and oxygen atoms in total. The van der Waals surface area contributed by atoms with Gasteiger partial charge in [-0.2, -0.15) is 0 Å². The molecule has 0 aliphatic rings. The molecule has 2 aromatic carbocycles. The Morgan fingerprint density at radius 1 is 1.06 bits per heavy atom. The van der Waals surface area contributed by atoms with E-state index < -0.39 is 0 Å². The van der Waals surface area contributed by atoms with Gasteiger partial charge in [0.1, 0.15) is 5.82 Å². The molecule has 0 radical (unpaired) electrons. The van der Waals surface area contributed by atoms with E-state index in [0.29, 0.717) is 0 Å². The summed E-state index contributed by atoms with van der Waals surface area (Å²) in [5.74, 6) is -0.0538. The molecule has 0 amide bonds. The largest absolute Gasteiger partial charge is 0.309 e. The predicted octanol–water partition coefficient (Wildman–Crippen LogP) is 3.47. The standard InChI is InChI=1S/C15H18FN/c1-17(2)11-5-7-13-10-9-12-6-3-4-8-14(12)15(13)16/h3-4,6,8-10H,5,7,11H2,1-2H3. The number of hydrogen-bond donors (Lipinski definition) is 0. The first-order chi connectivity index (χ1) is 8.18. The number of fused-ring (bicyclic) bond motifs is 1. The second-order valence-corrected chi connectivity index (χ2v) is 4.67. The molecule has 17 heavy (non-hydrogen) atoms. The van der Waals surface area contributed by atoms with Crippen LogP contribution in [0.15, 0.2) is 36.4 Å². The maximum atomic E-state index is 14.2. The number of rotatable bonds is 4. The van der Waals surface area contributed by atoms with E-state index in [0.717, 1.165) is 35.7 Å². The molecule has 0 fully saturated rings. The van der Waals surface area contributed by atoms with Gasteiger partial charge in [0.25, 0.3) is 0 Å². The van der Waals surface area contributed by atoms with Crippen molar-refractivity contribution in [1.82, 2.24) is 4.90 Å². The van der Waals surface area contributed by atoms with Crippen LogP contribution in [0, 0.1) is 5.82 Å². The minimum Gasteiger partial charge on any atom is -0.309 e. The van der Waals surface area contributed by atoms with E-state index in [-0.39, 0.29) is 5.82 Å². The number of hydrogen-bond acceptors (Lipinski definition) is 1. The van der Waals surface area contributed by atoms with Crippen LogP contribution < -0.4 is 0 Å². The first kappa shape index (κ1) is 12.1. The second-order valence-electron chi connectivity index (χ2n) is 4.67. The highest BCUT2D eigenvalue weighted by Gasteiger charge is 2.06. The lowest BCUT2D eigenvalue weighted by Gasteiger charge is -2.10. The van der Waals surface area contributed by atoms with Crippen molar-refractivity contribution in [2.45, 2.75) is 12.8 Å². The van der Waals surface area contributed by atoms with Crippen LogP contribution in [0.3, 0.4) is 0 Å². The van der Waals surface area contributed by atoms with Crippen LogP contribution in [-0.2, 0) is 6.42 Å². The average molecular weight is 231 g/mol. The molecule has 0 saturated carbocycles. The third-order valence-corrected chi connectivity index (χ3v) is 2.99. The van der Waals surface area contributed by atoms with Crippen LogP contribution in [0.1, 0.15) is 12.0 Å². The van der Waals surface area contributed by atoms with E-state index >= 15 is 0 Å². The lowest BCUT2D eigenvalue weighted by atomic mass is 10.0. The summed E-state index contributed by atoms with van der Waals surface area (Å²) in [6, 6.07) is 11.5. The summed E-state index contributed by atoms with van der Waals surface area (Å²) >= 11 is 0. The SMILES string of the molecule is CN(C)CCCc1ccc2ccccc2c1F. The van der Waals surface area contributed by atoms with Crippen molar-refractivity contribution >= 4 is 10.8 Å². The molecule has 2 aromatic rings. The summed E-state index contributed by atoms with van der Waals surface area (Å²) in [4.78, 5) is 2.12. The lowest BCUT2D eigenvalue weighted by molar-refractivity contribution is 0.399. The molecule has 0 aliphatic heterocycles. The molecule has 0 unspecified atom stereocenters. The van der Waals surface area contributed by atoms with Gasteiger partial charge in [-0.05, 0) is 44.4 Å². The molecule has 0 aliphatic carbocycles. The molecule has 0 aromatic heterocycles. The van der Waals surface area contributed by atoms with Gasteiger partial charge in [0, 0.05) is 5.39 Å². The molecular weight excluding hydrogens is 213 g/mol. The minimum atomic E-state index is -0.0538. The average Bonchev–Trinajstić information content (AvgIpc) is 2.32. The molecule has 2 rings (SSSR count). The van der Waals surface area contributed by atoms with Crippen molar-refractivity contribution in [1.29, 1.82) is 0 Å². The summed E-state index contributed by atoms with van der Waals surface area (Å²) < 4.78 is 14.2. The first-order valence-electron chi connectivity index (χ1n) is 5.99. The Morgan fingerprint density at radius 2 is 1.82 bits per heavy atom. The Morgan fingerprint density at radius 3 is 2.59 bits per heavy atom. The van der Waals surface area contributed by atoms with Gasteiger partial charge in [-0.1, -0.05) is 36.4 Å². The number of aryl methyl sites for hydroxylation is 1. The predicted molar refractivity (Wildman–Crippen MR) is 70.8 cm³/mol. The molecular formula is C15H18FN. The molecule has 0 atom stereocenters. The van der Waals surface area contributed by atoms with Crippen molar-refractivity contribution < 1.29 is 4.39 Å². The van der Waals surface area contributed by atoms with E-state index in [2.05, 4.69) is 4.90 Å². The fourth-order valence-electron chi connectivity index (χ4n) is 2.06. The Hall–Kier alpha value is -1.41. The zero-order valence-corrected chi connectivity index (χ0v) is 10.4. The van der Waals surface area contributed by atoms with Gasteiger partial charge in [-0.3, -0.25) is 0 Å². The smallest absolute Gasteiger partial charge is 0.134 e. The van der Waals surface area contributed by atoms with E-state index in [9.17, 15) is 4.39 Å². The summed E-state index contributed by atoms with van der Waals surface area (Å²) in [7, 11) is 4.08. The van der Waals surface area contributed by atoms with E-state index in [4.69, 9.17) is 0 Å². The fourth-order valence-corrected chi connectivity index (χ4v) is 2.06. The van der Waals surface area contributed by atoms with Crippen molar-refractivity contribution in [2.75, 3.05) is 20.6 Å². The third kappa shape index (κ3) is 2.83. The zero-order valence-electron chi connectivity index (χ0n) is 10.4. The highest BCUT2D eigenvalue weighted by molar-refractivity contribution is 5.83. The summed E-state index contributed by atoms with van der Waals surface area (Å²) in [6.45, 7) is 0.992. The quantitative estimate of drug-likeness (QED) is 0.778. The minimum absolute atomic E-state index is 0.0538. The van der Waals surface area contributed by atoms with Gasteiger partial charge in [0.05, 0.1) is 0 Å². The van der Waals surface area contributed by atoms with Crippen LogP contribution in [0.2, 0.25) is 0 Å². The maximum absolute atomic E-state index is 14.2. The number of nitrogens with zero attached hydrogens (tertiary/aromatic N) is 1. The Kier molecular flexibility index (Phi) is 3.75. The Bertz CT molecular complexity index is 505. The van der Waals surface area contributed by atoms with E-state index in [1.165, 1.54) is 0 Å². The molecule has 90 valence electrons. The molecule has 0 N–H and O–H groups in total. The van der Waals surface area contributed by atoms with Gasteiger partial charge in [-0.15, -0.1) is 0 Å². The van der Waals surface area contributed by atoms with Crippen LogP contribution in [0.4, 0.5) is 4.39 Å². The Labute approximate surface area is 102 Å². The topological polar surface area (TPSA) is 3.24 Å². The summed E-state index contributed by atoms with van der Waals surface area (Å²) in [6.07, 6.45) is 1.79. The summed E-state index contributed by atoms with van der Waals surface area (Å²) in [5.41, 5.74) is 0.825. The number of halogens is 1. The van der Waals surface area contributed by atoms with Crippen molar-refractivity contribution in [2.24, 2.45) is 0 Å². The monoisotopic (exact) mass is 231 g/mol. The number of benzene rings is 2. The highest BCUT2D eigenvalue weighted by atomic mass is 19.1. The molecule has 0 spiro atoms. The van der Waals surface area contributed by atoms with Crippen LogP contribution in [0.5, 0.6) is 0 Å². The summed E-state index contributed by atoms with van der Waals surface area (Å²) in [5, 5.41) is 1.70. The highest BCUT2D eigenvalue weighted by Crippen LogP contribution is 2.21. The third-order valence-electron chi connectivity index (χ3n) is 2.99. The lowest BCUT2D eigenvalue weighted by Crippen LogP contribution is -2.13. The zero-order chi connectivity index (χ0) is 12.3. The van der Waals surface area contributed by atoms with Crippen molar-refractivity contribution in [3.63, 3.8) is 0 Å².